The third-order valence-corrected chi connectivity index (χ3v) is 3.26. The lowest BCUT2D eigenvalue weighted by atomic mass is 10.1. The van der Waals surface area contributed by atoms with E-state index in [1.807, 2.05) is 11.8 Å². The lowest BCUT2D eigenvalue weighted by molar-refractivity contribution is 0.0691. The summed E-state index contributed by atoms with van der Waals surface area (Å²) < 4.78 is 0. The summed E-state index contributed by atoms with van der Waals surface area (Å²) in [6.07, 6.45) is 3.66. The van der Waals surface area contributed by atoms with E-state index in [4.69, 9.17) is 0 Å². The van der Waals surface area contributed by atoms with Crippen LogP contribution in [0.1, 0.15) is 35.8 Å². The highest BCUT2D eigenvalue weighted by Crippen LogP contribution is 2.15. The highest BCUT2D eigenvalue weighted by molar-refractivity contribution is 5.95. The standard InChI is InChI=1S/C12H20N4O/c1-3-6-16(10-4-5-13-7-10)12(17)11-8-14-15-9(11)2/h8,10,13H,3-7H2,1-2H3,(H,14,15). The van der Waals surface area contributed by atoms with Gasteiger partial charge in [-0.2, -0.15) is 5.10 Å². The van der Waals surface area contributed by atoms with Gasteiger partial charge in [0.1, 0.15) is 0 Å². The Hall–Kier alpha value is -1.36. The van der Waals surface area contributed by atoms with E-state index in [2.05, 4.69) is 22.4 Å². The molecule has 94 valence electrons. The Morgan fingerprint density at radius 1 is 1.65 bits per heavy atom. The van der Waals surface area contributed by atoms with Crippen molar-refractivity contribution in [2.24, 2.45) is 0 Å². The van der Waals surface area contributed by atoms with E-state index in [1.54, 1.807) is 6.20 Å². The van der Waals surface area contributed by atoms with Crippen LogP contribution in [0.15, 0.2) is 6.20 Å². The van der Waals surface area contributed by atoms with E-state index < -0.39 is 0 Å². The highest BCUT2D eigenvalue weighted by Gasteiger charge is 2.27. The molecule has 17 heavy (non-hydrogen) atoms. The highest BCUT2D eigenvalue weighted by atomic mass is 16.2. The van der Waals surface area contributed by atoms with Crippen LogP contribution in [-0.2, 0) is 0 Å². The van der Waals surface area contributed by atoms with E-state index in [1.165, 1.54) is 0 Å². The average Bonchev–Trinajstić information content (AvgIpc) is 2.95. The van der Waals surface area contributed by atoms with Gasteiger partial charge in [0.2, 0.25) is 0 Å². The molecule has 5 heteroatoms. The number of carbonyl (C=O) groups is 1. The van der Waals surface area contributed by atoms with Crippen molar-refractivity contribution in [3.8, 4) is 0 Å². The van der Waals surface area contributed by atoms with Crippen molar-refractivity contribution in [3.05, 3.63) is 17.5 Å². The number of hydrogen-bond acceptors (Lipinski definition) is 3. The molecule has 1 saturated heterocycles. The van der Waals surface area contributed by atoms with E-state index in [9.17, 15) is 4.79 Å². The van der Waals surface area contributed by atoms with E-state index in [0.29, 0.717) is 11.6 Å². The molecule has 2 heterocycles. The van der Waals surface area contributed by atoms with Crippen molar-refractivity contribution in [1.29, 1.82) is 0 Å². The molecule has 1 unspecified atom stereocenters. The summed E-state index contributed by atoms with van der Waals surface area (Å²) in [7, 11) is 0. The van der Waals surface area contributed by atoms with Gasteiger partial charge in [0.05, 0.1) is 11.8 Å². The van der Waals surface area contributed by atoms with Crippen LogP contribution >= 0.6 is 0 Å². The third kappa shape index (κ3) is 2.49. The number of nitrogens with one attached hydrogen (secondary N) is 2. The number of H-pyrrole nitrogens is 1. The molecule has 5 nitrogen and oxygen atoms in total. The molecular weight excluding hydrogens is 216 g/mol. The normalized spacial score (nSPS) is 19.5. The van der Waals surface area contributed by atoms with Crippen LogP contribution in [0.3, 0.4) is 0 Å². The van der Waals surface area contributed by atoms with Crippen molar-refractivity contribution in [2.45, 2.75) is 32.7 Å². The Labute approximate surface area is 102 Å². The first kappa shape index (κ1) is 12.1. The molecule has 2 rings (SSSR count). The molecule has 0 aromatic carbocycles. The van der Waals surface area contributed by atoms with Crippen LogP contribution in [0, 0.1) is 6.92 Å². The summed E-state index contributed by atoms with van der Waals surface area (Å²) in [5.74, 6) is 0.104. The minimum atomic E-state index is 0.104. The van der Waals surface area contributed by atoms with Crippen LogP contribution in [0.2, 0.25) is 0 Å². The molecule has 0 spiro atoms. The first-order chi connectivity index (χ1) is 8.24. The van der Waals surface area contributed by atoms with Crippen LogP contribution in [0.5, 0.6) is 0 Å². The van der Waals surface area contributed by atoms with Gasteiger partial charge in [-0.1, -0.05) is 6.92 Å². The maximum atomic E-state index is 12.4. The molecule has 1 aliphatic heterocycles. The molecule has 1 aromatic rings. The molecule has 0 bridgehead atoms. The predicted octanol–water partition coefficient (Wildman–Crippen LogP) is 0.932. The molecule has 0 aliphatic carbocycles. The molecule has 1 aromatic heterocycles. The minimum absolute atomic E-state index is 0.104. The van der Waals surface area contributed by atoms with Crippen LogP contribution in [0.25, 0.3) is 0 Å². The second-order valence-corrected chi connectivity index (χ2v) is 4.55. The van der Waals surface area contributed by atoms with Crippen LogP contribution in [0.4, 0.5) is 0 Å². The topological polar surface area (TPSA) is 61.0 Å². The quantitative estimate of drug-likeness (QED) is 0.817. The summed E-state index contributed by atoms with van der Waals surface area (Å²) >= 11 is 0. The van der Waals surface area contributed by atoms with Gasteiger partial charge in [-0.15, -0.1) is 0 Å². The minimum Gasteiger partial charge on any atom is -0.334 e. The molecular formula is C12H20N4O. The fraction of sp³-hybridized carbons (Fsp3) is 0.667. The number of aromatic nitrogens is 2. The Morgan fingerprint density at radius 3 is 3.00 bits per heavy atom. The van der Waals surface area contributed by atoms with Crippen molar-refractivity contribution in [2.75, 3.05) is 19.6 Å². The number of carbonyl (C=O) groups excluding carboxylic acids is 1. The van der Waals surface area contributed by atoms with Crippen molar-refractivity contribution >= 4 is 5.91 Å². The monoisotopic (exact) mass is 236 g/mol. The number of aromatic amines is 1. The zero-order valence-electron chi connectivity index (χ0n) is 10.5. The van der Waals surface area contributed by atoms with Crippen molar-refractivity contribution in [1.82, 2.24) is 20.4 Å². The molecule has 1 fully saturated rings. The van der Waals surface area contributed by atoms with E-state index in [-0.39, 0.29) is 5.91 Å². The van der Waals surface area contributed by atoms with E-state index in [0.717, 1.165) is 38.2 Å². The van der Waals surface area contributed by atoms with Gasteiger partial charge < -0.3 is 10.2 Å². The second-order valence-electron chi connectivity index (χ2n) is 4.55. The van der Waals surface area contributed by atoms with Gasteiger partial charge in [0.25, 0.3) is 5.91 Å². The number of hydrogen-bond donors (Lipinski definition) is 2. The van der Waals surface area contributed by atoms with Crippen molar-refractivity contribution < 1.29 is 4.79 Å². The Morgan fingerprint density at radius 2 is 2.47 bits per heavy atom. The summed E-state index contributed by atoms with van der Waals surface area (Å²) in [4.78, 5) is 14.4. The summed E-state index contributed by atoms with van der Waals surface area (Å²) in [6.45, 7) is 6.71. The predicted molar refractivity (Wildman–Crippen MR) is 65.9 cm³/mol. The Bertz CT molecular complexity index is 382. The van der Waals surface area contributed by atoms with Gasteiger partial charge in [-0.05, 0) is 26.3 Å². The van der Waals surface area contributed by atoms with Gasteiger partial charge in [0, 0.05) is 24.8 Å². The lowest BCUT2D eigenvalue weighted by Crippen LogP contribution is -2.42. The summed E-state index contributed by atoms with van der Waals surface area (Å²) in [6, 6.07) is 0.330. The number of nitrogens with zero attached hydrogens (tertiary/aromatic N) is 2. The molecule has 0 radical (unpaired) electrons. The molecule has 0 saturated carbocycles. The molecule has 1 atom stereocenters. The van der Waals surface area contributed by atoms with Gasteiger partial charge in [0.15, 0.2) is 0 Å². The molecule has 1 aliphatic rings. The van der Waals surface area contributed by atoms with Crippen LogP contribution in [-0.4, -0.2) is 46.7 Å². The fourth-order valence-electron chi connectivity index (χ4n) is 2.32. The number of aryl methyl sites for hydroxylation is 1. The zero-order chi connectivity index (χ0) is 12.3. The Kier molecular flexibility index (Phi) is 3.78. The fourth-order valence-corrected chi connectivity index (χ4v) is 2.32. The maximum Gasteiger partial charge on any atom is 0.257 e. The first-order valence-corrected chi connectivity index (χ1v) is 6.25. The van der Waals surface area contributed by atoms with Crippen LogP contribution < -0.4 is 5.32 Å². The zero-order valence-corrected chi connectivity index (χ0v) is 10.5. The molecule has 1 amide bonds. The van der Waals surface area contributed by atoms with E-state index >= 15 is 0 Å². The molecule has 2 N–H and O–H groups in total. The lowest BCUT2D eigenvalue weighted by Gasteiger charge is -2.28. The number of amides is 1. The smallest absolute Gasteiger partial charge is 0.257 e. The van der Waals surface area contributed by atoms with Gasteiger partial charge in [-0.25, -0.2) is 0 Å². The Balaban J connectivity index is 2.15. The second kappa shape index (κ2) is 5.31. The van der Waals surface area contributed by atoms with Gasteiger partial charge in [-0.3, -0.25) is 9.89 Å². The van der Waals surface area contributed by atoms with Gasteiger partial charge >= 0.3 is 0 Å². The first-order valence-electron chi connectivity index (χ1n) is 6.25. The average molecular weight is 236 g/mol. The SMILES string of the molecule is CCCN(C(=O)c1cn[nH]c1C)C1CCNC1. The van der Waals surface area contributed by atoms with Crippen molar-refractivity contribution in [3.63, 3.8) is 0 Å². The largest absolute Gasteiger partial charge is 0.334 e. The number of rotatable bonds is 4. The summed E-state index contributed by atoms with van der Waals surface area (Å²) in [5.41, 5.74) is 1.55. The third-order valence-electron chi connectivity index (χ3n) is 3.26. The summed E-state index contributed by atoms with van der Waals surface area (Å²) in [5, 5.41) is 10.1. The maximum absolute atomic E-state index is 12.4.